The van der Waals surface area contributed by atoms with Crippen molar-refractivity contribution in [3.8, 4) is 11.8 Å². The molecule has 0 unspecified atom stereocenters. The Kier molecular flexibility index (Phi) is 5.16. The van der Waals surface area contributed by atoms with Gasteiger partial charge in [-0.2, -0.15) is 0 Å². The highest BCUT2D eigenvalue weighted by Gasteiger charge is 2.22. The molecule has 0 radical (unpaired) electrons. The monoisotopic (exact) mass is 291 g/mol. The summed E-state index contributed by atoms with van der Waals surface area (Å²) >= 11 is 1.32. The van der Waals surface area contributed by atoms with Crippen molar-refractivity contribution in [1.29, 1.82) is 0 Å². The first-order valence-electron chi connectivity index (χ1n) is 6.55. The smallest absolute Gasteiger partial charge is 0.261 e. The summed E-state index contributed by atoms with van der Waals surface area (Å²) in [4.78, 5) is 24.7. The topological polar surface area (TPSA) is 84.2 Å². The van der Waals surface area contributed by atoms with E-state index in [1.54, 1.807) is 12.1 Å². The fourth-order valence-corrected chi connectivity index (χ4v) is 2.37. The second-order valence-corrected chi connectivity index (χ2v) is 5.60. The Labute approximate surface area is 121 Å². The fraction of sp³-hybridized carbons (Fsp3) is 0.429. The van der Waals surface area contributed by atoms with Crippen LogP contribution in [0.4, 0.5) is 0 Å². The molecule has 2 rings (SSSR count). The maximum atomic E-state index is 11.8. The molecule has 2 amide bonds. The van der Waals surface area contributed by atoms with Gasteiger partial charge >= 0.3 is 0 Å². The minimum atomic E-state index is -0.171. The Hall–Kier alpha value is -1.84. The zero-order valence-corrected chi connectivity index (χ0v) is 11.9. The van der Waals surface area contributed by atoms with Crippen LogP contribution < -0.4 is 16.4 Å². The van der Waals surface area contributed by atoms with Crippen LogP contribution in [0.25, 0.3) is 0 Å². The minimum absolute atomic E-state index is 0.00604. The van der Waals surface area contributed by atoms with Crippen LogP contribution in [-0.2, 0) is 4.79 Å². The summed E-state index contributed by atoms with van der Waals surface area (Å²) in [6.07, 6.45) is 2.45. The van der Waals surface area contributed by atoms with Gasteiger partial charge in [0, 0.05) is 19.0 Å². The van der Waals surface area contributed by atoms with Gasteiger partial charge in [0.1, 0.15) is 0 Å². The molecule has 1 aromatic heterocycles. The molecule has 0 aromatic carbocycles. The summed E-state index contributed by atoms with van der Waals surface area (Å²) < 4.78 is 0. The Morgan fingerprint density at radius 1 is 1.40 bits per heavy atom. The number of carbonyl (C=O) groups excluding carboxylic acids is 2. The Bertz CT molecular complexity index is 552. The number of thiophene rings is 1. The van der Waals surface area contributed by atoms with Crippen molar-refractivity contribution in [3.05, 3.63) is 21.9 Å². The normalized spacial score (nSPS) is 13.2. The van der Waals surface area contributed by atoms with Gasteiger partial charge in [-0.05, 0) is 25.0 Å². The number of amides is 2. The second-order valence-electron chi connectivity index (χ2n) is 4.52. The largest absolute Gasteiger partial charge is 0.353 e. The van der Waals surface area contributed by atoms with Gasteiger partial charge < -0.3 is 16.4 Å². The summed E-state index contributed by atoms with van der Waals surface area (Å²) in [7, 11) is 0. The second kappa shape index (κ2) is 7.08. The average molecular weight is 291 g/mol. The molecule has 1 aliphatic carbocycles. The number of carbonyl (C=O) groups is 2. The number of nitrogens with one attached hydrogen (secondary N) is 2. The summed E-state index contributed by atoms with van der Waals surface area (Å²) in [5.41, 5.74) is 5.29. The fourth-order valence-electron chi connectivity index (χ4n) is 1.57. The first-order valence-corrected chi connectivity index (χ1v) is 7.37. The first kappa shape index (κ1) is 14.6. The number of hydrogen-bond acceptors (Lipinski definition) is 4. The predicted molar refractivity (Wildman–Crippen MR) is 78.4 cm³/mol. The van der Waals surface area contributed by atoms with Crippen molar-refractivity contribution in [2.75, 3.05) is 13.1 Å². The summed E-state index contributed by atoms with van der Waals surface area (Å²) in [6.45, 7) is 0.647. The van der Waals surface area contributed by atoms with Crippen molar-refractivity contribution in [2.45, 2.75) is 25.3 Å². The van der Waals surface area contributed by atoms with Gasteiger partial charge in [-0.3, -0.25) is 9.59 Å². The third kappa shape index (κ3) is 4.68. The molecule has 1 saturated carbocycles. The molecule has 5 nitrogen and oxygen atoms in total. The van der Waals surface area contributed by atoms with E-state index in [1.165, 1.54) is 11.3 Å². The molecular weight excluding hydrogens is 274 g/mol. The highest BCUT2D eigenvalue weighted by atomic mass is 32.1. The van der Waals surface area contributed by atoms with E-state index < -0.39 is 0 Å². The van der Waals surface area contributed by atoms with Crippen molar-refractivity contribution in [2.24, 2.45) is 5.73 Å². The molecule has 0 aliphatic heterocycles. The van der Waals surface area contributed by atoms with Crippen LogP contribution >= 0.6 is 11.3 Å². The Morgan fingerprint density at radius 2 is 2.20 bits per heavy atom. The lowest BCUT2D eigenvalue weighted by atomic mass is 10.3. The zero-order valence-electron chi connectivity index (χ0n) is 11.1. The lowest BCUT2D eigenvalue weighted by Gasteiger charge is -2.04. The van der Waals surface area contributed by atoms with Crippen LogP contribution in [0, 0.1) is 11.8 Å². The molecule has 0 bridgehead atoms. The molecule has 1 aliphatic rings. The van der Waals surface area contributed by atoms with Gasteiger partial charge in [-0.15, -0.1) is 11.3 Å². The highest BCUT2D eigenvalue weighted by molar-refractivity contribution is 7.14. The molecule has 0 spiro atoms. The SMILES string of the molecule is NCC#Cc1ccc(C(=O)NCCC(=O)NC2CC2)s1. The lowest BCUT2D eigenvalue weighted by molar-refractivity contribution is -0.121. The number of hydrogen-bond donors (Lipinski definition) is 3. The van der Waals surface area contributed by atoms with Gasteiger partial charge in [0.05, 0.1) is 16.3 Å². The zero-order chi connectivity index (χ0) is 14.4. The minimum Gasteiger partial charge on any atom is -0.353 e. The van der Waals surface area contributed by atoms with E-state index in [0.29, 0.717) is 30.4 Å². The quantitative estimate of drug-likeness (QED) is 0.689. The van der Waals surface area contributed by atoms with E-state index in [9.17, 15) is 9.59 Å². The van der Waals surface area contributed by atoms with Gasteiger partial charge in [0.15, 0.2) is 0 Å². The summed E-state index contributed by atoms with van der Waals surface area (Å²) in [5, 5.41) is 5.61. The summed E-state index contributed by atoms with van der Waals surface area (Å²) in [5.74, 6) is 5.45. The van der Waals surface area contributed by atoms with Gasteiger partial charge in [0.2, 0.25) is 5.91 Å². The van der Waals surface area contributed by atoms with E-state index >= 15 is 0 Å². The van der Waals surface area contributed by atoms with E-state index in [-0.39, 0.29) is 11.8 Å². The molecule has 106 valence electrons. The highest BCUT2D eigenvalue weighted by Crippen LogP contribution is 2.18. The molecule has 0 atom stereocenters. The third-order valence-corrected chi connectivity index (χ3v) is 3.72. The van der Waals surface area contributed by atoms with E-state index in [2.05, 4.69) is 22.5 Å². The molecule has 1 aromatic rings. The van der Waals surface area contributed by atoms with E-state index in [0.717, 1.165) is 17.7 Å². The van der Waals surface area contributed by atoms with Crippen LogP contribution in [-0.4, -0.2) is 30.9 Å². The van der Waals surface area contributed by atoms with Crippen LogP contribution in [0.15, 0.2) is 12.1 Å². The van der Waals surface area contributed by atoms with E-state index in [4.69, 9.17) is 5.73 Å². The number of rotatable bonds is 5. The maximum absolute atomic E-state index is 11.8. The van der Waals surface area contributed by atoms with Gasteiger partial charge in [-0.1, -0.05) is 11.8 Å². The molecule has 6 heteroatoms. The van der Waals surface area contributed by atoms with Gasteiger partial charge in [-0.25, -0.2) is 0 Å². The number of nitrogens with two attached hydrogens (primary N) is 1. The van der Waals surface area contributed by atoms with Crippen LogP contribution in [0.1, 0.15) is 33.8 Å². The van der Waals surface area contributed by atoms with Gasteiger partial charge in [0.25, 0.3) is 5.91 Å². The molecule has 0 saturated heterocycles. The molecular formula is C14H17N3O2S. The lowest BCUT2D eigenvalue weighted by Crippen LogP contribution is -2.31. The molecule has 1 fully saturated rings. The van der Waals surface area contributed by atoms with Crippen LogP contribution in [0.2, 0.25) is 0 Å². The average Bonchev–Trinajstić information content (AvgIpc) is 3.10. The van der Waals surface area contributed by atoms with Crippen LogP contribution in [0.3, 0.4) is 0 Å². The standard InChI is InChI=1S/C14H17N3O2S/c15-8-1-2-11-5-6-12(20-11)14(19)16-9-7-13(18)17-10-3-4-10/h5-6,10H,3-4,7-9,15H2,(H,16,19)(H,17,18). The molecule has 20 heavy (non-hydrogen) atoms. The third-order valence-electron chi connectivity index (χ3n) is 2.72. The predicted octanol–water partition coefficient (Wildman–Crippen LogP) is 0.457. The van der Waals surface area contributed by atoms with Crippen molar-refractivity contribution in [1.82, 2.24) is 10.6 Å². The first-order chi connectivity index (χ1) is 9.69. The van der Waals surface area contributed by atoms with Crippen LogP contribution in [0.5, 0.6) is 0 Å². The molecule has 1 heterocycles. The Balaban J connectivity index is 1.73. The maximum Gasteiger partial charge on any atom is 0.261 e. The van der Waals surface area contributed by atoms with E-state index in [1.807, 2.05) is 0 Å². The molecule has 4 N–H and O–H groups in total. The Morgan fingerprint density at radius 3 is 2.90 bits per heavy atom. The summed E-state index contributed by atoms with van der Waals surface area (Å²) in [6, 6.07) is 3.88. The van der Waals surface area contributed by atoms with Crippen molar-refractivity contribution >= 4 is 23.2 Å². The van der Waals surface area contributed by atoms with Crippen molar-refractivity contribution in [3.63, 3.8) is 0 Å². The van der Waals surface area contributed by atoms with Crippen molar-refractivity contribution < 1.29 is 9.59 Å².